The maximum absolute atomic E-state index is 10.9. The normalized spacial score (nSPS) is 11.4. The fraction of sp³-hybridized carbons (Fsp3) is 0.500. The van der Waals surface area contributed by atoms with Gasteiger partial charge in [0.25, 0.3) is 0 Å². The number of rotatable bonds is 8. The fourth-order valence-corrected chi connectivity index (χ4v) is 2.71. The Labute approximate surface area is 113 Å². The number of unbranched alkanes of at least 4 members (excludes halogenated alkanes) is 1. The van der Waals surface area contributed by atoms with Crippen molar-refractivity contribution >= 4 is 27.5 Å². The van der Waals surface area contributed by atoms with Gasteiger partial charge >= 0.3 is 0 Å². The SMILES string of the molecule is CSCCCCNc1ccc(CS(N)(=O)=O)cc1. The molecule has 0 spiro atoms. The molecule has 0 amide bonds. The Morgan fingerprint density at radius 2 is 1.89 bits per heavy atom. The number of hydrogen-bond donors (Lipinski definition) is 2. The first kappa shape index (κ1) is 15.3. The van der Waals surface area contributed by atoms with Gasteiger partial charge in [-0.1, -0.05) is 12.1 Å². The molecule has 6 heteroatoms. The molecule has 4 nitrogen and oxygen atoms in total. The van der Waals surface area contributed by atoms with Crippen LogP contribution in [-0.2, 0) is 15.8 Å². The van der Waals surface area contributed by atoms with Crippen molar-refractivity contribution < 1.29 is 8.42 Å². The van der Waals surface area contributed by atoms with Gasteiger partial charge in [-0.15, -0.1) is 0 Å². The summed E-state index contributed by atoms with van der Waals surface area (Å²) < 4.78 is 21.8. The van der Waals surface area contributed by atoms with Crippen molar-refractivity contribution in [1.29, 1.82) is 0 Å². The number of nitrogens with two attached hydrogens (primary N) is 1. The summed E-state index contributed by atoms with van der Waals surface area (Å²) in [5.74, 6) is 1.08. The molecule has 102 valence electrons. The highest BCUT2D eigenvalue weighted by molar-refractivity contribution is 7.98. The van der Waals surface area contributed by atoms with E-state index in [9.17, 15) is 8.42 Å². The van der Waals surface area contributed by atoms with Crippen LogP contribution >= 0.6 is 11.8 Å². The summed E-state index contributed by atoms with van der Waals surface area (Å²) in [7, 11) is -3.44. The van der Waals surface area contributed by atoms with Gasteiger partial charge in [-0.05, 0) is 42.5 Å². The van der Waals surface area contributed by atoms with Crippen molar-refractivity contribution in [2.75, 3.05) is 23.9 Å². The third-order valence-electron chi connectivity index (χ3n) is 2.43. The maximum atomic E-state index is 10.9. The van der Waals surface area contributed by atoms with Gasteiger partial charge in [0.05, 0.1) is 5.75 Å². The predicted octanol–water partition coefficient (Wildman–Crippen LogP) is 2.03. The van der Waals surface area contributed by atoms with E-state index in [-0.39, 0.29) is 5.75 Å². The number of sulfonamides is 1. The molecule has 0 aliphatic heterocycles. The molecule has 1 aromatic rings. The molecular weight excluding hydrogens is 268 g/mol. The van der Waals surface area contributed by atoms with Crippen molar-refractivity contribution in [2.45, 2.75) is 18.6 Å². The zero-order valence-electron chi connectivity index (χ0n) is 10.6. The Morgan fingerprint density at radius 3 is 2.44 bits per heavy atom. The van der Waals surface area contributed by atoms with Gasteiger partial charge < -0.3 is 5.32 Å². The molecule has 3 N–H and O–H groups in total. The molecule has 1 aromatic carbocycles. The maximum Gasteiger partial charge on any atom is 0.213 e. The van der Waals surface area contributed by atoms with Gasteiger partial charge in [0.1, 0.15) is 0 Å². The molecule has 0 fully saturated rings. The Hall–Kier alpha value is -0.720. The summed E-state index contributed by atoms with van der Waals surface area (Å²) in [6, 6.07) is 7.34. The van der Waals surface area contributed by atoms with Crippen LogP contribution in [-0.4, -0.2) is 27.0 Å². The van der Waals surface area contributed by atoms with Crippen LogP contribution in [0.15, 0.2) is 24.3 Å². The third-order valence-corrected chi connectivity index (χ3v) is 3.86. The summed E-state index contributed by atoms with van der Waals surface area (Å²) in [5, 5.41) is 8.29. The smallest absolute Gasteiger partial charge is 0.213 e. The first-order valence-corrected chi connectivity index (χ1v) is 8.94. The Morgan fingerprint density at radius 1 is 1.22 bits per heavy atom. The second-order valence-electron chi connectivity index (χ2n) is 4.13. The Balaban J connectivity index is 2.36. The van der Waals surface area contributed by atoms with Gasteiger partial charge in [-0.2, -0.15) is 11.8 Å². The minimum Gasteiger partial charge on any atom is -0.385 e. The number of hydrogen-bond acceptors (Lipinski definition) is 4. The van der Waals surface area contributed by atoms with Crippen LogP contribution in [0.1, 0.15) is 18.4 Å². The lowest BCUT2D eigenvalue weighted by atomic mass is 10.2. The topological polar surface area (TPSA) is 72.2 Å². The average Bonchev–Trinajstić information content (AvgIpc) is 2.29. The second-order valence-corrected chi connectivity index (χ2v) is 6.73. The van der Waals surface area contributed by atoms with E-state index >= 15 is 0 Å². The largest absolute Gasteiger partial charge is 0.385 e. The molecule has 0 aromatic heterocycles. The molecule has 0 heterocycles. The standard InChI is InChI=1S/C12H20N2O2S2/c1-17-9-3-2-8-14-12-6-4-11(5-7-12)10-18(13,15)16/h4-7,14H,2-3,8-10H2,1H3,(H2,13,15,16). The number of primary sulfonamides is 1. The molecule has 18 heavy (non-hydrogen) atoms. The van der Waals surface area contributed by atoms with Crippen molar-refractivity contribution in [3.05, 3.63) is 29.8 Å². The molecule has 0 unspecified atom stereocenters. The summed E-state index contributed by atoms with van der Waals surface area (Å²) >= 11 is 1.86. The minimum absolute atomic E-state index is 0.110. The zero-order valence-corrected chi connectivity index (χ0v) is 12.2. The highest BCUT2D eigenvalue weighted by Gasteiger charge is 2.04. The Bertz CT molecular complexity index is 444. The van der Waals surface area contributed by atoms with Gasteiger partial charge in [0.2, 0.25) is 10.0 Å². The fourth-order valence-electron chi connectivity index (χ4n) is 1.56. The number of anilines is 1. The number of nitrogens with one attached hydrogen (secondary N) is 1. The first-order valence-electron chi connectivity index (χ1n) is 5.83. The molecule has 0 saturated carbocycles. The first-order chi connectivity index (χ1) is 8.51. The number of thioether (sulfide) groups is 1. The second kappa shape index (κ2) is 7.66. The third kappa shape index (κ3) is 6.88. The van der Waals surface area contributed by atoms with Crippen molar-refractivity contribution in [3.8, 4) is 0 Å². The van der Waals surface area contributed by atoms with Crippen molar-refractivity contribution in [1.82, 2.24) is 0 Å². The predicted molar refractivity (Wildman–Crippen MR) is 79.4 cm³/mol. The molecule has 0 radical (unpaired) electrons. The highest BCUT2D eigenvalue weighted by atomic mass is 32.2. The molecule has 0 aliphatic rings. The van der Waals surface area contributed by atoms with Crippen LogP contribution in [0.2, 0.25) is 0 Å². The van der Waals surface area contributed by atoms with Crippen LogP contribution < -0.4 is 10.5 Å². The van der Waals surface area contributed by atoms with Gasteiger partial charge in [0, 0.05) is 12.2 Å². The van der Waals surface area contributed by atoms with E-state index in [1.165, 1.54) is 12.2 Å². The van der Waals surface area contributed by atoms with Crippen LogP contribution in [0.4, 0.5) is 5.69 Å². The van der Waals surface area contributed by atoms with E-state index in [0.29, 0.717) is 5.56 Å². The van der Waals surface area contributed by atoms with E-state index in [1.807, 2.05) is 23.9 Å². The summed E-state index contributed by atoms with van der Waals surface area (Å²) in [6.07, 6.45) is 4.45. The summed E-state index contributed by atoms with van der Waals surface area (Å²) in [4.78, 5) is 0. The van der Waals surface area contributed by atoms with E-state index < -0.39 is 10.0 Å². The quantitative estimate of drug-likeness (QED) is 0.718. The van der Waals surface area contributed by atoms with Crippen molar-refractivity contribution in [2.24, 2.45) is 5.14 Å². The average molecular weight is 288 g/mol. The highest BCUT2D eigenvalue weighted by Crippen LogP contribution is 2.11. The van der Waals surface area contributed by atoms with Crippen LogP contribution in [0.3, 0.4) is 0 Å². The van der Waals surface area contributed by atoms with E-state index in [1.54, 1.807) is 12.1 Å². The Kier molecular flexibility index (Phi) is 6.52. The minimum atomic E-state index is -3.44. The van der Waals surface area contributed by atoms with Gasteiger partial charge in [-0.3, -0.25) is 0 Å². The van der Waals surface area contributed by atoms with Crippen LogP contribution in [0.25, 0.3) is 0 Å². The molecule has 0 saturated heterocycles. The zero-order chi connectivity index (χ0) is 13.4. The molecule has 1 rings (SSSR count). The molecule has 0 bridgehead atoms. The molecular formula is C12H20N2O2S2. The monoisotopic (exact) mass is 288 g/mol. The van der Waals surface area contributed by atoms with Gasteiger partial charge in [-0.25, -0.2) is 13.6 Å². The lowest BCUT2D eigenvalue weighted by Gasteiger charge is -2.07. The van der Waals surface area contributed by atoms with Gasteiger partial charge in [0.15, 0.2) is 0 Å². The van der Waals surface area contributed by atoms with Crippen LogP contribution in [0.5, 0.6) is 0 Å². The van der Waals surface area contributed by atoms with Crippen molar-refractivity contribution in [3.63, 3.8) is 0 Å². The molecule has 0 aliphatic carbocycles. The van der Waals surface area contributed by atoms with E-state index in [2.05, 4.69) is 11.6 Å². The summed E-state index contributed by atoms with van der Waals surface area (Å²) in [6.45, 7) is 0.940. The lowest BCUT2D eigenvalue weighted by molar-refractivity contribution is 0.597. The van der Waals surface area contributed by atoms with E-state index in [4.69, 9.17) is 5.14 Å². The van der Waals surface area contributed by atoms with E-state index in [0.717, 1.165) is 18.7 Å². The number of benzene rings is 1. The summed E-state index contributed by atoms with van der Waals surface area (Å²) in [5.41, 5.74) is 1.72. The molecule has 0 atom stereocenters. The van der Waals surface area contributed by atoms with Crippen LogP contribution in [0, 0.1) is 0 Å². The lowest BCUT2D eigenvalue weighted by Crippen LogP contribution is -2.14.